The summed E-state index contributed by atoms with van der Waals surface area (Å²) in [6.07, 6.45) is 11.1. The van der Waals surface area contributed by atoms with Gasteiger partial charge in [0.2, 0.25) is 0 Å². The van der Waals surface area contributed by atoms with Crippen molar-refractivity contribution >= 4 is 0 Å². The van der Waals surface area contributed by atoms with E-state index in [0.29, 0.717) is 0 Å². The fourth-order valence-corrected chi connectivity index (χ4v) is 2.90. The lowest BCUT2D eigenvalue weighted by Gasteiger charge is -2.28. The van der Waals surface area contributed by atoms with E-state index in [1.54, 1.807) is 0 Å². The average Bonchev–Trinajstić information content (AvgIpc) is 2.63. The van der Waals surface area contributed by atoms with E-state index in [4.69, 9.17) is 0 Å². The first-order valence-corrected chi connectivity index (χ1v) is 7.71. The Labute approximate surface area is 108 Å². The van der Waals surface area contributed by atoms with Crippen LogP contribution in [0.2, 0.25) is 0 Å². The van der Waals surface area contributed by atoms with Crippen molar-refractivity contribution in [3.8, 4) is 0 Å². The normalized spacial score (nSPS) is 18.9. The molecule has 0 unspecified atom stereocenters. The maximum Gasteiger partial charge on any atom is 0.0107 e. The summed E-state index contributed by atoms with van der Waals surface area (Å²) in [5.74, 6) is 0. The van der Waals surface area contributed by atoms with E-state index in [1.807, 2.05) is 0 Å². The summed E-state index contributed by atoms with van der Waals surface area (Å²) in [5.41, 5.74) is 0. The molecule has 0 aromatic carbocycles. The van der Waals surface area contributed by atoms with Gasteiger partial charge in [-0.1, -0.05) is 39.5 Å². The minimum atomic E-state index is 0.720. The Morgan fingerprint density at radius 1 is 1.06 bits per heavy atom. The van der Waals surface area contributed by atoms with Gasteiger partial charge >= 0.3 is 0 Å². The molecule has 1 aliphatic carbocycles. The lowest BCUT2D eigenvalue weighted by Crippen LogP contribution is -2.39. The molecule has 1 fully saturated rings. The van der Waals surface area contributed by atoms with Crippen LogP contribution in [0, 0.1) is 0 Å². The first kappa shape index (κ1) is 15.0. The van der Waals surface area contributed by atoms with Crippen LogP contribution in [0.3, 0.4) is 0 Å². The third kappa shape index (κ3) is 5.87. The second-order valence-corrected chi connectivity index (χ2v) is 5.59. The molecular weight excluding hydrogens is 208 g/mol. The molecule has 0 atom stereocenters. The number of hydrogen-bond acceptors (Lipinski definition) is 2. The van der Waals surface area contributed by atoms with Gasteiger partial charge in [-0.2, -0.15) is 0 Å². The summed E-state index contributed by atoms with van der Waals surface area (Å²) in [5, 5.41) is 3.66. The fourth-order valence-electron chi connectivity index (χ4n) is 2.90. The summed E-state index contributed by atoms with van der Waals surface area (Å²) in [6, 6.07) is 1.57. The second kappa shape index (κ2) is 8.93. The van der Waals surface area contributed by atoms with Crippen molar-refractivity contribution in [3.05, 3.63) is 0 Å². The van der Waals surface area contributed by atoms with E-state index in [9.17, 15) is 0 Å². The molecule has 1 N–H and O–H groups in total. The molecule has 0 saturated heterocycles. The van der Waals surface area contributed by atoms with Crippen LogP contribution in [0.5, 0.6) is 0 Å². The third-order valence-corrected chi connectivity index (χ3v) is 4.33. The van der Waals surface area contributed by atoms with Crippen LogP contribution in [-0.4, -0.2) is 37.1 Å². The molecule has 102 valence electrons. The molecule has 1 aliphatic rings. The van der Waals surface area contributed by atoms with Gasteiger partial charge in [0.15, 0.2) is 0 Å². The first-order chi connectivity index (χ1) is 8.27. The standard InChI is InChI=1S/C15H32N2/c1-4-14(5-2)16-12-13-17(3)15-10-8-6-7-9-11-15/h14-16H,4-13H2,1-3H3. The maximum absolute atomic E-state index is 3.66. The topological polar surface area (TPSA) is 15.3 Å². The molecule has 0 radical (unpaired) electrons. The van der Waals surface area contributed by atoms with Gasteiger partial charge in [0.25, 0.3) is 0 Å². The van der Waals surface area contributed by atoms with Crippen LogP contribution in [0.15, 0.2) is 0 Å². The summed E-state index contributed by atoms with van der Waals surface area (Å²) >= 11 is 0. The second-order valence-electron chi connectivity index (χ2n) is 5.59. The largest absolute Gasteiger partial charge is 0.313 e. The van der Waals surface area contributed by atoms with Gasteiger partial charge < -0.3 is 10.2 Å². The molecule has 2 heteroatoms. The van der Waals surface area contributed by atoms with Gasteiger partial charge in [-0.25, -0.2) is 0 Å². The molecular formula is C15H32N2. The Kier molecular flexibility index (Phi) is 7.87. The van der Waals surface area contributed by atoms with Gasteiger partial charge in [-0.05, 0) is 32.7 Å². The number of likely N-dealkylation sites (N-methyl/N-ethyl adjacent to an activating group) is 1. The van der Waals surface area contributed by atoms with Crippen LogP contribution in [0.25, 0.3) is 0 Å². The van der Waals surface area contributed by atoms with Crippen LogP contribution < -0.4 is 5.32 Å². The van der Waals surface area contributed by atoms with Crippen molar-refractivity contribution in [1.29, 1.82) is 0 Å². The quantitative estimate of drug-likeness (QED) is 0.686. The highest BCUT2D eigenvalue weighted by atomic mass is 15.1. The van der Waals surface area contributed by atoms with Crippen LogP contribution in [0.1, 0.15) is 65.2 Å². The Hall–Kier alpha value is -0.0800. The first-order valence-electron chi connectivity index (χ1n) is 7.71. The van der Waals surface area contributed by atoms with Gasteiger partial charge in [0.1, 0.15) is 0 Å². The highest BCUT2D eigenvalue weighted by Gasteiger charge is 2.16. The Morgan fingerprint density at radius 2 is 1.65 bits per heavy atom. The monoisotopic (exact) mass is 240 g/mol. The molecule has 17 heavy (non-hydrogen) atoms. The number of nitrogens with zero attached hydrogens (tertiary/aromatic N) is 1. The van der Waals surface area contributed by atoms with E-state index in [2.05, 4.69) is 31.1 Å². The smallest absolute Gasteiger partial charge is 0.0107 e. The van der Waals surface area contributed by atoms with Crippen molar-refractivity contribution in [3.63, 3.8) is 0 Å². The van der Waals surface area contributed by atoms with E-state index >= 15 is 0 Å². The van der Waals surface area contributed by atoms with Crippen LogP contribution >= 0.6 is 0 Å². The average molecular weight is 240 g/mol. The molecule has 0 amide bonds. The zero-order chi connectivity index (χ0) is 12.5. The van der Waals surface area contributed by atoms with Crippen molar-refractivity contribution in [2.45, 2.75) is 77.3 Å². The molecule has 0 aromatic heterocycles. The third-order valence-electron chi connectivity index (χ3n) is 4.33. The Balaban J connectivity index is 2.16. The predicted octanol–water partition coefficient (Wildman–Crippen LogP) is 3.42. The van der Waals surface area contributed by atoms with Crippen molar-refractivity contribution < 1.29 is 0 Å². The van der Waals surface area contributed by atoms with E-state index in [1.165, 1.54) is 57.9 Å². The Bertz CT molecular complexity index is 170. The van der Waals surface area contributed by atoms with Crippen LogP contribution in [0.4, 0.5) is 0 Å². The number of rotatable bonds is 7. The summed E-state index contributed by atoms with van der Waals surface area (Å²) < 4.78 is 0. The van der Waals surface area contributed by atoms with Crippen LogP contribution in [-0.2, 0) is 0 Å². The van der Waals surface area contributed by atoms with E-state index in [-0.39, 0.29) is 0 Å². The highest BCUT2D eigenvalue weighted by molar-refractivity contribution is 4.73. The molecule has 0 heterocycles. The van der Waals surface area contributed by atoms with E-state index in [0.717, 1.165) is 18.6 Å². The highest BCUT2D eigenvalue weighted by Crippen LogP contribution is 2.20. The zero-order valence-corrected chi connectivity index (χ0v) is 12.2. The van der Waals surface area contributed by atoms with Gasteiger partial charge in [0.05, 0.1) is 0 Å². The Morgan fingerprint density at radius 3 is 2.18 bits per heavy atom. The van der Waals surface area contributed by atoms with Crippen molar-refractivity contribution in [2.24, 2.45) is 0 Å². The fraction of sp³-hybridized carbons (Fsp3) is 1.00. The van der Waals surface area contributed by atoms with Crippen molar-refractivity contribution in [1.82, 2.24) is 10.2 Å². The van der Waals surface area contributed by atoms with E-state index < -0.39 is 0 Å². The van der Waals surface area contributed by atoms with Gasteiger partial charge in [0, 0.05) is 25.2 Å². The van der Waals surface area contributed by atoms with Gasteiger partial charge in [-0.3, -0.25) is 0 Å². The predicted molar refractivity (Wildman–Crippen MR) is 76.5 cm³/mol. The summed E-state index contributed by atoms with van der Waals surface area (Å²) in [7, 11) is 2.31. The molecule has 2 nitrogen and oxygen atoms in total. The van der Waals surface area contributed by atoms with Crippen molar-refractivity contribution in [2.75, 3.05) is 20.1 Å². The molecule has 1 saturated carbocycles. The summed E-state index contributed by atoms with van der Waals surface area (Å²) in [4.78, 5) is 2.58. The minimum absolute atomic E-state index is 0.720. The van der Waals surface area contributed by atoms with Gasteiger partial charge in [-0.15, -0.1) is 0 Å². The lowest BCUT2D eigenvalue weighted by atomic mass is 10.1. The molecule has 0 aromatic rings. The number of nitrogens with one attached hydrogen (secondary N) is 1. The SMILES string of the molecule is CCC(CC)NCCN(C)C1CCCCCC1. The molecule has 0 aliphatic heterocycles. The molecule has 0 bridgehead atoms. The minimum Gasteiger partial charge on any atom is -0.313 e. The lowest BCUT2D eigenvalue weighted by molar-refractivity contribution is 0.218. The maximum atomic E-state index is 3.66. The number of hydrogen-bond donors (Lipinski definition) is 1. The summed E-state index contributed by atoms with van der Waals surface area (Å²) in [6.45, 7) is 6.91. The molecule has 0 spiro atoms. The molecule has 1 rings (SSSR count). The zero-order valence-electron chi connectivity index (χ0n) is 12.2.